The summed E-state index contributed by atoms with van der Waals surface area (Å²) < 4.78 is 13.6. The largest absolute Gasteiger partial charge is 0.368 e. The molecule has 0 aliphatic heterocycles. The third-order valence-corrected chi connectivity index (χ3v) is 2.21. The summed E-state index contributed by atoms with van der Waals surface area (Å²) in [6.45, 7) is 6.89. The molecule has 1 aromatic rings. The average Bonchev–Trinajstić information content (AvgIpc) is 2.20. The molecule has 0 amide bonds. The van der Waals surface area contributed by atoms with Crippen molar-refractivity contribution in [3.05, 3.63) is 17.8 Å². The Morgan fingerprint density at radius 1 is 1.40 bits per heavy atom. The van der Waals surface area contributed by atoms with Gasteiger partial charge in [-0.2, -0.15) is 0 Å². The predicted octanol–water partition coefficient (Wildman–Crippen LogP) is 2.64. The third-order valence-electron chi connectivity index (χ3n) is 2.21. The molecular weight excluding hydrogens is 193 g/mol. The molecule has 4 heteroatoms. The predicted molar refractivity (Wildman–Crippen MR) is 59.3 cm³/mol. The molecule has 0 fully saturated rings. The minimum Gasteiger partial charge on any atom is -0.368 e. The van der Waals surface area contributed by atoms with Crippen molar-refractivity contribution >= 4 is 5.82 Å². The van der Waals surface area contributed by atoms with E-state index >= 15 is 0 Å². The number of nitrogens with one attached hydrogen (secondary N) is 1. The van der Waals surface area contributed by atoms with Crippen LogP contribution in [-0.4, -0.2) is 16.5 Å². The maximum Gasteiger partial charge on any atom is 0.186 e. The van der Waals surface area contributed by atoms with Gasteiger partial charge in [-0.15, -0.1) is 0 Å². The van der Waals surface area contributed by atoms with Crippen molar-refractivity contribution in [2.24, 2.45) is 5.92 Å². The highest BCUT2D eigenvalue weighted by Crippen LogP contribution is 2.13. The molecule has 0 saturated carbocycles. The molecule has 0 unspecified atom stereocenters. The maximum absolute atomic E-state index is 13.6. The van der Waals surface area contributed by atoms with Crippen LogP contribution in [-0.2, 0) is 6.42 Å². The highest BCUT2D eigenvalue weighted by molar-refractivity contribution is 5.37. The molecule has 15 heavy (non-hydrogen) atoms. The van der Waals surface area contributed by atoms with Gasteiger partial charge in [0.05, 0.1) is 5.69 Å². The molecule has 0 spiro atoms. The number of nitrogens with zero attached hydrogens (tertiary/aromatic N) is 2. The number of hydrogen-bond acceptors (Lipinski definition) is 3. The first-order valence-electron chi connectivity index (χ1n) is 5.38. The van der Waals surface area contributed by atoms with Crippen LogP contribution in [0.2, 0.25) is 0 Å². The SMILES string of the molecule is CCc1ncnc(NCCC(C)C)c1F. The van der Waals surface area contributed by atoms with E-state index in [-0.39, 0.29) is 5.82 Å². The van der Waals surface area contributed by atoms with E-state index in [1.165, 1.54) is 6.33 Å². The standard InChI is InChI=1S/C11H18FN3/c1-4-9-10(12)11(15-7-14-9)13-6-5-8(2)3/h7-8H,4-6H2,1-3H3,(H,13,14,15). The van der Waals surface area contributed by atoms with Crippen LogP contribution in [0.5, 0.6) is 0 Å². The van der Waals surface area contributed by atoms with Gasteiger partial charge in [0.1, 0.15) is 6.33 Å². The highest BCUT2D eigenvalue weighted by atomic mass is 19.1. The van der Waals surface area contributed by atoms with E-state index in [4.69, 9.17) is 0 Å². The van der Waals surface area contributed by atoms with Crippen LogP contribution in [0.3, 0.4) is 0 Å². The van der Waals surface area contributed by atoms with Gasteiger partial charge in [-0.25, -0.2) is 14.4 Å². The Morgan fingerprint density at radius 2 is 2.13 bits per heavy atom. The minimum atomic E-state index is -0.316. The highest BCUT2D eigenvalue weighted by Gasteiger charge is 2.08. The lowest BCUT2D eigenvalue weighted by Gasteiger charge is -2.09. The van der Waals surface area contributed by atoms with E-state index in [0.717, 1.165) is 13.0 Å². The van der Waals surface area contributed by atoms with Gasteiger partial charge in [0, 0.05) is 6.54 Å². The summed E-state index contributed by atoms with van der Waals surface area (Å²) in [5.74, 6) is 0.610. The van der Waals surface area contributed by atoms with Crippen LogP contribution in [0.15, 0.2) is 6.33 Å². The first-order chi connectivity index (χ1) is 7.15. The molecule has 84 valence electrons. The Morgan fingerprint density at radius 3 is 2.73 bits per heavy atom. The molecule has 1 rings (SSSR count). The van der Waals surface area contributed by atoms with E-state index in [1.54, 1.807) is 0 Å². The molecule has 1 heterocycles. The van der Waals surface area contributed by atoms with E-state index < -0.39 is 0 Å². The van der Waals surface area contributed by atoms with Gasteiger partial charge in [0.15, 0.2) is 11.6 Å². The zero-order valence-electron chi connectivity index (χ0n) is 9.55. The average molecular weight is 211 g/mol. The fourth-order valence-electron chi connectivity index (χ4n) is 1.26. The van der Waals surface area contributed by atoms with Gasteiger partial charge in [-0.1, -0.05) is 20.8 Å². The first kappa shape index (κ1) is 11.9. The summed E-state index contributed by atoms with van der Waals surface area (Å²) in [5, 5.41) is 2.99. The molecule has 1 N–H and O–H groups in total. The molecule has 0 radical (unpaired) electrons. The summed E-state index contributed by atoms with van der Waals surface area (Å²) in [6, 6.07) is 0. The fraction of sp³-hybridized carbons (Fsp3) is 0.636. The lowest BCUT2D eigenvalue weighted by atomic mass is 10.1. The van der Waals surface area contributed by atoms with Crippen molar-refractivity contribution in [3.8, 4) is 0 Å². The molecule has 0 aromatic carbocycles. The van der Waals surface area contributed by atoms with Gasteiger partial charge < -0.3 is 5.32 Å². The van der Waals surface area contributed by atoms with E-state index in [1.807, 2.05) is 6.92 Å². The third kappa shape index (κ3) is 3.46. The maximum atomic E-state index is 13.6. The second-order valence-corrected chi connectivity index (χ2v) is 3.95. The Hall–Kier alpha value is -1.19. The lowest BCUT2D eigenvalue weighted by Crippen LogP contribution is -2.09. The Bertz CT molecular complexity index is 313. The lowest BCUT2D eigenvalue weighted by molar-refractivity contribution is 0.584. The molecule has 0 aliphatic carbocycles. The number of aromatic nitrogens is 2. The molecule has 1 aromatic heterocycles. The van der Waals surface area contributed by atoms with E-state index in [9.17, 15) is 4.39 Å². The van der Waals surface area contributed by atoms with Crippen molar-refractivity contribution in [1.82, 2.24) is 9.97 Å². The van der Waals surface area contributed by atoms with Crippen LogP contribution in [0.4, 0.5) is 10.2 Å². The van der Waals surface area contributed by atoms with Crippen LogP contribution >= 0.6 is 0 Å². The Balaban J connectivity index is 2.61. The van der Waals surface area contributed by atoms with Crippen molar-refractivity contribution in [1.29, 1.82) is 0 Å². The number of rotatable bonds is 5. The summed E-state index contributed by atoms with van der Waals surface area (Å²) in [5.41, 5.74) is 0.469. The number of anilines is 1. The summed E-state index contributed by atoms with van der Waals surface area (Å²) in [7, 11) is 0. The number of halogens is 1. The van der Waals surface area contributed by atoms with E-state index in [0.29, 0.717) is 23.9 Å². The van der Waals surface area contributed by atoms with Gasteiger partial charge in [-0.3, -0.25) is 0 Å². The topological polar surface area (TPSA) is 37.8 Å². The van der Waals surface area contributed by atoms with Gasteiger partial charge in [0.2, 0.25) is 0 Å². The van der Waals surface area contributed by atoms with Crippen molar-refractivity contribution < 1.29 is 4.39 Å². The van der Waals surface area contributed by atoms with Crippen LogP contribution in [0.1, 0.15) is 32.9 Å². The number of aryl methyl sites for hydroxylation is 1. The summed E-state index contributed by atoms with van der Waals surface area (Å²) >= 11 is 0. The fourth-order valence-corrected chi connectivity index (χ4v) is 1.26. The quantitative estimate of drug-likeness (QED) is 0.813. The Kier molecular flexibility index (Phi) is 4.46. The Labute approximate surface area is 90.1 Å². The van der Waals surface area contributed by atoms with Crippen LogP contribution < -0.4 is 5.32 Å². The molecule has 0 bridgehead atoms. The second kappa shape index (κ2) is 5.63. The summed E-state index contributed by atoms with van der Waals surface area (Å²) in [4.78, 5) is 7.76. The summed E-state index contributed by atoms with van der Waals surface area (Å²) in [6.07, 6.45) is 3.00. The normalized spacial score (nSPS) is 10.7. The van der Waals surface area contributed by atoms with Gasteiger partial charge in [0.25, 0.3) is 0 Å². The minimum absolute atomic E-state index is 0.316. The van der Waals surface area contributed by atoms with Gasteiger partial charge in [-0.05, 0) is 18.8 Å². The second-order valence-electron chi connectivity index (χ2n) is 3.95. The molecular formula is C11H18FN3. The zero-order chi connectivity index (χ0) is 11.3. The van der Waals surface area contributed by atoms with Crippen molar-refractivity contribution in [2.45, 2.75) is 33.6 Å². The zero-order valence-corrected chi connectivity index (χ0v) is 9.55. The smallest absolute Gasteiger partial charge is 0.186 e. The molecule has 0 atom stereocenters. The molecule has 0 aliphatic rings. The molecule has 3 nitrogen and oxygen atoms in total. The van der Waals surface area contributed by atoms with E-state index in [2.05, 4.69) is 29.1 Å². The van der Waals surface area contributed by atoms with Crippen LogP contribution in [0.25, 0.3) is 0 Å². The van der Waals surface area contributed by atoms with Crippen molar-refractivity contribution in [3.63, 3.8) is 0 Å². The number of hydrogen-bond donors (Lipinski definition) is 1. The first-order valence-corrected chi connectivity index (χ1v) is 5.38. The van der Waals surface area contributed by atoms with Crippen LogP contribution in [0, 0.1) is 11.7 Å². The van der Waals surface area contributed by atoms with Gasteiger partial charge >= 0.3 is 0 Å². The molecule has 0 saturated heterocycles. The van der Waals surface area contributed by atoms with Crippen molar-refractivity contribution in [2.75, 3.05) is 11.9 Å². The monoisotopic (exact) mass is 211 g/mol.